The van der Waals surface area contributed by atoms with Gasteiger partial charge in [0.15, 0.2) is 0 Å². The van der Waals surface area contributed by atoms with E-state index in [9.17, 15) is 4.79 Å². The third-order valence-corrected chi connectivity index (χ3v) is 2.99. The first-order valence-electron chi connectivity index (χ1n) is 4.26. The second-order valence-corrected chi connectivity index (χ2v) is 3.57. The second-order valence-electron chi connectivity index (χ2n) is 3.57. The molecule has 0 spiro atoms. The summed E-state index contributed by atoms with van der Waals surface area (Å²) in [5.41, 5.74) is 5.89. The minimum absolute atomic E-state index is 0. The lowest BCUT2D eigenvalue weighted by Gasteiger charge is -2.21. The van der Waals surface area contributed by atoms with Gasteiger partial charge in [0.05, 0.1) is 13.0 Å². The zero-order chi connectivity index (χ0) is 8.72. The molecule has 0 aromatic carbocycles. The molecule has 2 rings (SSSR count). The average molecular weight is 204 g/mol. The highest BCUT2D eigenvalue weighted by Gasteiger charge is 2.46. The van der Waals surface area contributed by atoms with Gasteiger partial charge in [-0.05, 0) is 18.3 Å². The minimum Gasteiger partial charge on any atom is -0.469 e. The molecule has 2 aliphatic rings. The predicted octanol–water partition coefficient (Wildman–Crippen LogP) is 0.731. The number of rotatable bonds is 1. The lowest BCUT2D eigenvalue weighted by molar-refractivity contribution is -0.146. The van der Waals surface area contributed by atoms with Crippen LogP contribution in [0.3, 0.4) is 0 Å². The van der Waals surface area contributed by atoms with E-state index in [-0.39, 0.29) is 30.3 Å². The van der Waals surface area contributed by atoms with E-state index in [1.807, 2.05) is 0 Å². The van der Waals surface area contributed by atoms with Crippen LogP contribution >= 0.6 is 12.4 Å². The fourth-order valence-corrected chi connectivity index (χ4v) is 2.33. The van der Waals surface area contributed by atoms with E-state index in [0.717, 1.165) is 6.42 Å². The van der Waals surface area contributed by atoms with Crippen LogP contribution in [0.15, 0.2) is 12.2 Å². The maximum Gasteiger partial charge on any atom is 0.310 e. The van der Waals surface area contributed by atoms with Crippen LogP contribution in [0.1, 0.15) is 6.42 Å². The summed E-state index contributed by atoms with van der Waals surface area (Å²) >= 11 is 0. The second kappa shape index (κ2) is 3.68. The van der Waals surface area contributed by atoms with Crippen LogP contribution in [0.25, 0.3) is 0 Å². The topological polar surface area (TPSA) is 52.3 Å². The van der Waals surface area contributed by atoms with Crippen molar-refractivity contribution in [3.8, 4) is 0 Å². The Labute approximate surface area is 83.7 Å². The molecule has 4 atom stereocenters. The van der Waals surface area contributed by atoms with E-state index in [0.29, 0.717) is 11.8 Å². The van der Waals surface area contributed by atoms with Gasteiger partial charge in [-0.3, -0.25) is 4.79 Å². The zero-order valence-corrected chi connectivity index (χ0v) is 8.29. The maximum absolute atomic E-state index is 11.3. The van der Waals surface area contributed by atoms with Crippen molar-refractivity contribution in [2.45, 2.75) is 12.5 Å². The number of methoxy groups -OCH3 is 1. The summed E-state index contributed by atoms with van der Waals surface area (Å²) in [5.74, 6) is 0.487. The molecule has 1 fully saturated rings. The van der Waals surface area contributed by atoms with Gasteiger partial charge in [0.1, 0.15) is 0 Å². The molecule has 2 unspecified atom stereocenters. The van der Waals surface area contributed by atoms with Crippen LogP contribution < -0.4 is 5.73 Å². The predicted molar refractivity (Wildman–Crippen MR) is 51.5 cm³/mol. The van der Waals surface area contributed by atoms with Gasteiger partial charge in [-0.15, -0.1) is 12.4 Å². The molecule has 2 bridgehead atoms. The maximum atomic E-state index is 11.3. The van der Waals surface area contributed by atoms with Crippen molar-refractivity contribution >= 4 is 18.4 Å². The summed E-state index contributed by atoms with van der Waals surface area (Å²) in [6, 6.07) is -0.0209. The van der Waals surface area contributed by atoms with E-state index >= 15 is 0 Å². The quantitative estimate of drug-likeness (QED) is 0.505. The van der Waals surface area contributed by atoms with Crippen LogP contribution in [0.4, 0.5) is 0 Å². The summed E-state index contributed by atoms with van der Waals surface area (Å²) in [6.07, 6.45) is 5.24. The van der Waals surface area contributed by atoms with E-state index < -0.39 is 0 Å². The fourth-order valence-electron chi connectivity index (χ4n) is 2.33. The smallest absolute Gasteiger partial charge is 0.310 e. The van der Waals surface area contributed by atoms with E-state index in [1.54, 1.807) is 0 Å². The highest BCUT2D eigenvalue weighted by molar-refractivity contribution is 5.85. The molecule has 0 aromatic rings. The monoisotopic (exact) mass is 203 g/mol. The zero-order valence-electron chi connectivity index (χ0n) is 7.47. The number of hydrogen-bond donors (Lipinski definition) is 1. The van der Waals surface area contributed by atoms with Gasteiger partial charge in [-0.2, -0.15) is 0 Å². The molecular formula is C9H14ClNO2. The Hall–Kier alpha value is -0.540. The summed E-state index contributed by atoms with van der Waals surface area (Å²) in [6.45, 7) is 0. The Morgan fingerprint density at radius 3 is 2.54 bits per heavy atom. The van der Waals surface area contributed by atoms with Gasteiger partial charge in [-0.1, -0.05) is 12.2 Å². The lowest BCUT2D eigenvalue weighted by atomic mass is 9.90. The first kappa shape index (κ1) is 10.5. The van der Waals surface area contributed by atoms with Crippen molar-refractivity contribution in [1.29, 1.82) is 0 Å². The number of hydrogen-bond acceptors (Lipinski definition) is 3. The molecule has 1 saturated carbocycles. The molecule has 0 aromatic heterocycles. The fraction of sp³-hybridized carbons (Fsp3) is 0.667. The van der Waals surface area contributed by atoms with Crippen molar-refractivity contribution in [2.75, 3.05) is 7.11 Å². The molecule has 2 aliphatic carbocycles. The SMILES string of the molecule is COC(=O)C1C(N)[C@@H]2C=C[C@H]1C2.Cl. The molecule has 0 aliphatic heterocycles. The van der Waals surface area contributed by atoms with Crippen molar-refractivity contribution in [2.24, 2.45) is 23.5 Å². The molecule has 3 nitrogen and oxygen atoms in total. The van der Waals surface area contributed by atoms with Crippen LogP contribution in [0.5, 0.6) is 0 Å². The number of esters is 1. The molecule has 74 valence electrons. The summed E-state index contributed by atoms with van der Waals surface area (Å²) < 4.78 is 4.70. The summed E-state index contributed by atoms with van der Waals surface area (Å²) in [7, 11) is 1.42. The summed E-state index contributed by atoms with van der Waals surface area (Å²) in [5, 5.41) is 0. The Balaban J connectivity index is 0.000000845. The number of halogens is 1. The number of ether oxygens (including phenoxy) is 1. The van der Waals surface area contributed by atoms with Crippen molar-refractivity contribution in [1.82, 2.24) is 0 Å². The Bertz CT molecular complexity index is 242. The Morgan fingerprint density at radius 2 is 2.08 bits per heavy atom. The van der Waals surface area contributed by atoms with Gasteiger partial charge in [0.25, 0.3) is 0 Å². The van der Waals surface area contributed by atoms with Gasteiger partial charge in [0.2, 0.25) is 0 Å². The number of carbonyl (C=O) groups is 1. The van der Waals surface area contributed by atoms with Crippen molar-refractivity contribution < 1.29 is 9.53 Å². The first-order chi connectivity index (χ1) is 5.74. The molecule has 0 saturated heterocycles. The van der Waals surface area contributed by atoms with E-state index in [1.165, 1.54) is 7.11 Å². The number of nitrogens with two attached hydrogens (primary N) is 1. The van der Waals surface area contributed by atoms with Crippen molar-refractivity contribution in [3.63, 3.8) is 0 Å². The van der Waals surface area contributed by atoms with Crippen molar-refractivity contribution in [3.05, 3.63) is 12.2 Å². The molecule has 0 heterocycles. The van der Waals surface area contributed by atoms with E-state index in [2.05, 4.69) is 12.2 Å². The van der Waals surface area contributed by atoms with Crippen LogP contribution in [0.2, 0.25) is 0 Å². The molecule has 13 heavy (non-hydrogen) atoms. The third-order valence-electron chi connectivity index (χ3n) is 2.99. The molecule has 0 amide bonds. The standard InChI is InChI=1S/C9H13NO2.ClH/c1-12-9(11)7-5-2-3-6(4-5)8(7)10;/h2-3,5-8H,4,10H2,1H3;1H/t5-,6+,7?,8?;/m0./s1. The first-order valence-corrected chi connectivity index (χ1v) is 4.26. The Morgan fingerprint density at radius 1 is 1.46 bits per heavy atom. The van der Waals surface area contributed by atoms with Gasteiger partial charge < -0.3 is 10.5 Å². The average Bonchev–Trinajstić information content (AvgIpc) is 2.63. The van der Waals surface area contributed by atoms with Gasteiger partial charge in [-0.25, -0.2) is 0 Å². The Kier molecular flexibility index (Phi) is 2.98. The molecule has 4 heteroatoms. The molecular weight excluding hydrogens is 190 g/mol. The molecule has 0 radical (unpaired) electrons. The number of allylic oxidation sites excluding steroid dienone is 1. The summed E-state index contributed by atoms with van der Waals surface area (Å²) in [4.78, 5) is 11.3. The third kappa shape index (κ3) is 1.46. The normalized spacial score (nSPS) is 40.2. The van der Waals surface area contributed by atoms with E-state index in [4.69, 9.17) is 10.5 Å². The largest absolute Gasteiger partial charge is 0.469 e. The van der Waals surface area contributed by atoms with Crippen LogP contribution in [-0.2, 0) is 9.53 Å². The van der Waals surface area contributed by atoms with Crippen LogP contribution in [0, 0.1) is 17.8 Å². The highest BCUT2D eigenvalue weighted by Crippen LogP contribution is 2.42. The number of fused-ring (bicyclic) bond motifs is 2. The minimum atomic E-state index is -0.153. The highest BCUT2D eigenvalue weighted by atomic mass is 35.5. The lowest BCUT2D eigenvalue weighted by Crippen LogP contribution is -2.39. The van der Waals surface area contributed by atoms with Crippen LogP contribution in [-0.4, -0.2) is 19.1 Å². The van der Waals surface area contributed by atoms with Gasteiger partial charge in [0, 0.05) is 6.04 Å². The van der Waals surface area contributed by atoms with Gasteiger partial charge >= 0.3 is 5.97 Å². The number of carbonyl (C=O) groups excluding carboxylic acids is 1. The molecule has 2 N–H and O–H groups in total.